The third-order valence-corrected chi connectivity index (χ3v) is 15.2. The third kappa shape index (κ3) is 11.1. The lowest BCUT2D eigenvalue weighted by Crippen LogP contribution is -2.54. The second-order valence-corrected chi connectivity index (χ2v) is 21.3. The SMILES string of the molecule is C[C@@H]1Cc2c(ccc3[nH]ncc23)[C@@H](c2c(F)cc(NC3CN(CCCF)C3)cc2F)N1CC(C)(F)CO.C[C@@H]1Cc2c(ccc3[nH]ncc23)[C@@H](c2c(F)cc(NC3CN(CCCF)C3)cc2F)N1CC(C)(F)CO. The van der Waals surface area contributed by atoms with E-state index in [1.165, 1.54) is 38.1 Å². The third-order valence-electron chi connectivity index (χ3n) is 15.2. The highest BCUT2D eigenvalue weighted by Gasteiger charge is 2.43. The number of nitrogens with one attached hydrogen (secondary N) is 4. The predicted molar refractivity (Wildman–Crippen MR) is 270 cm³/mol. The van der Waals surface area contributed by atoms with Crippen LogP contribution in [0.3, 0.4) is 0 Å². The second-order valence-electron chi connectivity index (χ2n) is 21.3. The van der Waals surface area contributed by atoms with E-state index in [0.29, 0.717) is 87.5 Å². The minimum Gasteiger partial charge on any atom is -0.393 e. The van der Waals surface area contributed by atoms with Crippen molar-refractivity contribution in [2.45, 2.75) is 101 Å². The average Bonchev–Trinajstić information content (AvgIpc) is 4.03. The molecule has 6 atom stereocenters. The Morgan fingerprint density at radius 3 is 1.31 bits per heavy atom. The van der Waals surface area contributed by atoms with Gasteiger partial charge in [-0.25, -0.2) is 26.3 Å². The number of hydrogen-bond donors (Lipinski definition) is 6. The van der Waals surface area contributed by atoms with Crippen molar-refractivity contribution in [3.63, 3.8) is 0 Å². The van der Waals surface area contributed by atoms with Crippen molar-refractivity contribution < 1.29 is 45.3 Å². The average molecular weight is 1040 g/mol. The van der Waals surface area contributed by atoms with E-state index < -0.39 is 59.9 Å². The van der Waals surface area contributed by atoms with Crippen LogP contribution in [0, 0.1) is 23.3 Å². The van der Waals surface area contributed by atoms with Gasteiger partial charge in [0.15, 0.2) is 0 Å². The van der Waals surface area contributed by atoms with Crippen LogP contribution < -0.4 is 10.6 Å². The molecule has 10 rings (SSSR count). The highest BCUT2D eigenvalue weighted by molar-refractivity contribution is 5.84. The molecule has 0 saturated carbocycles. The Labute approximate surface area is 425 Å². The zero-order valence-corrected chi connectivity index (χ0v) is 42.2. The van der Waals surface area contributed by atoms with Crippen LogP contribution in [0.4, 0.5) is 46.5 Å². The number of fused-ring (bicyclic) bond motifs is 6. The molecule has 0 amide bonds. The van der Waals surface area contributed by atoms with Gasteiger partial charge >= 0.3 is 0 Å². The standard InChI is InChI=1S/2C27H33F4N5O/c2*1-16-8-20-19(4-5-24-21(20)11-32-34-24)26(36(16)14-27(2,31)15-37)25-22(29)9-17(10-23(25)30)33-18-12-35(13-18)7-3-6-28/h2*4-5,9-11,16,18,26,33,37H,3,6-8,12-15H2,1-2H3,(H,32,34)/t2*16-,26+,27?/m11/s1. The lowest BCUT2D eigenvalue weighted by molar-refractivity contribution is 0.0169. The summed E-state index contributed by atoms with van der Waals surface area (Å²) in [5.74, 6) is -2.88. The zero-order valence-electron chi connectivity index (χ0n) is 42.2. The fourth-order valence-electron chi connectivity index (χ4n) is 11.4. The van der Waals surface area contributed by atoms with Gasteiger partial charge in [-0.1, -0.05) is 12.1 Å². The fraction of sp³-hybridized carbons (Fsp3) is 0.519. The number of anilines is 2. The molecule has 6 heterocycles. The highest BCUT2D eigenvalue weighted by Crippen LogP contribution is 2.46. The molecule has 0 spiro atoms. The first-order chi connectivity index (χ1) is 35.4. The number of halogens is 8. The van der Waals surface area contributed by atoms with Gasteiger partial charge in [-0.2, -0.15) is 10.2 Å². The van der Waals surface area contributed by atoms with Crippen LogP contribution >= 0.6 is 0 Å². The lowest BCUT2D eigenvalue weighted by atomic mass is 9.82. The largest absolute Gasteiger partial charge is 0.393 e. The maximum Gasteiger partial charge on any atom is 0.143 e. The molecule has 400 valence electrons. The minimum absolute atomic E-state index is 0.0300. The van der Waals surface area contributed by atoms with Crippen molar-refractivity contribution in [3.8, 4) is 0 Å². The predicted octanol–water partition coefficient (Wildman–Crippen LogP) is 8.71. The molecule has 12 nitrogen and oxygen atoms in total. The van der Waals surface area contributed by atoms with Gasteiger partial charge in [0.25, 0.3) is 0 Å². The van der Waals surface area contributed by atoms with Crippen LogP contribution in [0.1, 0.15) is 86.0 Å². The Bertz CT molecular complexity index is 2670. The summed E-state index contributed by atoms with van der Waals surface area (Å²) in [4.78, 5) is 7.66. The maximum absolute atomic E-state index is 15.8. The molecule has 6 N–H and O–H groups in total. The van der Waals surface area contributed by atoms with Crippen molar-refractivity contribution in [1.29, 1.82) is 0 Å². The molecule has 74 heavy (non-hydrogen) atoms. The molecular weight excluding hydrogens is 973 g/mol. The van der Waals surface area contributed by atoms with E-state index in [4.69, 9.17) is 0 Å². The lowest BCUT2D eigenvalue weighted by Gasteiger charge is -2.44. The van der Waals surface area contributed by atoms with E-state index in [-0.39, 0.29) is 61.7 Å². The summed E-state index contributed by atoms with van der Waals surface area (Å²) in [5.41, 5.74) is 1.37. The quantitative estimate of drug-likeness (QED) is 0.0465. The summed E-state index contributed by atoms with van der Waals surface area (Å²) in [6.07, 6.45) is 5.45. The number of nitrogens with zero attached hydrogens (tertiary/aromatic N) is 6. The van der Waals surface area contributed by atoms with Crippen LogP contribution in [0.25, 0.3) is 21.8 Å². The number of benzene rings is 4. The maximum atomic E-state index is 15.8. The zero-order chi connectivity index (χ0) is 52.6. The Morgan fingerprint density at radius 1 is 0.608 bits per heavy atom. The van der Waals surface area contributed by atoms with Gasteiger partial charge in [-0.05, 0) is 112 Å². The smallest absolute Gasteiger partial charge is 0.143 e. The number of aromatic nitrogens is 4. The molecule has 4 aliphatic heterocycles. The molecule has 0 aliphatic carbocycles. The Morgan fingerprint density at radius 2 is 0.973 bits per heavy atom. The summed E-state index contributed by atoms with van der Waals surface area (Å²) in [6, 6.07) is 10.2. The number of H-pyrrole nitrogens is 2. The topological polar surface area (TPSA) is 135 Å². The van der Waals surface area contributed by atoms with Gasteiger partial charge in [0, 0.05) is 97.7 Å². The van der Waals surface area contributed by atoms with Crippen molar-refractivity contribution >= 4 is 33.2 Å². The van der Waals surface area contributed by atoms with Crippen molar-refractivity contribution in [1.82, 2.24) is 40.0 Å². The van der Waals surface area contributed by atoms with E-state index in [0.717, 1.165) is 32.9 Å². The number of hydrogen-bond acceptors (Lipinski definition) is 10. The molecular formula is C54H66F8N10O2. The molecule has 2 unspecified atom stereocenters. The first-order valence-electron chi connectivity index (χ1n) is 25.5. The van der Waals surface area contributed by atoms with Crippen LogP contribution in [-0.2, 0) is 12.8 Å². The van der Waals surface area contributed by atoms with Gasteiger partial charge in [0.05, 0.1) is 74.2 Å². The summed E-state index contributed by atoms with van der Waals surface area (Å²) in [5, 5.41) is 41.4. The van der Waals surface area contributed by atoms with Crippen LogP contribution in [-0.4, -0.2) is 165 Å². The molecule has 6 aromatic rings. The molecule has 0 radical (unpaired) electrons. The number of alkyl halides is 4. The number of aromatic amines is 2. The van der Waals surface area contributed by atoms with Gasteiger partial charge < -0.3 is 20.8 Å². The summed E-state index contributed by atoms with van der Waals surface area (Å²) < 4.78 is 118. The Kier molecular flexibility index (Phi) is 15.9. The fourth-order valence-corrected chi connectivity index (χ4v) is 11.4. The van der Waals surface area contributed by atoms with E-state index in [1.54, 1.807) is 22.2 Å². The van der Waals surface area contributed by atoms with Crippen molar-refractivity contribution in [3.05, 3.63) is 118 Å². The van der Waals surface area contributed by atoms with Crippen LogP contribution in [0.15, 0.2) is 60.9 Å². The Hall–Kier alpha value is -5.38. The van der Waals surface area contributed by atoms with E-state index in [1.807, 2.05) is 38.1 Å². The first-order valence-corrected chi connectivity index (χ1v) is 25.5. The highest BCUT2D eigenvalue weighted by atomic mass is 19.2. The molecule has 2 saturated heterocycles. The summed E-state index contributed by atoms with van der Waals surface area (Å²) in [7, 11) is 0. The van der Waals surface area contributed by atoms with Gasteiger partial charge in [-0.3, -0.25) is 38.6 Å². The van der Waals surface area contributed by atoms with Gasteiger partial charge in [0.1, 0.15) is 34.6 Å². The molecule has 2 fully saturated rings. The number of rotatable bonds is 18. The summed E-state index contributed by atoms with van der Waals surface area (Å²) >= 11 is 0. The molecule has 0 bridgehead atoms. The number of aliphatic hydroxyl groups excluding tert-OH is 2. The molecule has 20 heteroatoms. The van der Waals surface area contributed by atoms with Crippen molar-refractivity contribution in [2.24, 2.45) is 0 Å². The van der Waals surface area contributed by atoms with E-state index in [2.05, 4.69) is 40.8 Å². The molecule has 4 aliphatic rings. The first kappa shape index (κ1) is 53.4. The van der Waals surface area contributed by atoms with E-state index in [9.17, 15) is 19.0 Å². The van der Waals surface area contributed by atoms with Crippen LogP contribution in [0.5, 0.6) is 0 Å². The molecule has 4 aromatic carbocycles. The van der Waals surface area contributed by atoms with Gasteiger partial charge in [-0.15, -0.1) is 0 Å². The van der Waals surface area contributed by atoms with E-state index >= 15 is 26.3 Å². The van der Waals surface area contributed by atoms with Gasteiger partial charge in [0.2, 0.25) is 0 Å². The summed E-state index contributed by atoms with van der Waals surface area (Å²) in [6.45, 7) is 7.95. The van der Waals surface area contributed by atoms with Crippen LogP contribution in [0.2, 0.25) is 0 Å². The van der Waals surface area contributed by atoms with Crippen molar-refractivity contribution in [2.75, 3.05) is 89.6 Å². The number of aliphatic hydroxyl groups is 2. The molecule has 2 aromatic heterocycles. The monoisotopic (exact) mass is 1040 g/mol. The minimum atomic E-state index is -1.95. The Balaban J connectivity index is 0.000000182. The number of likely N-dealkylation sites (tertiary alicyclic amines) is 2. The normalized spacial score (nSPS) is 22.6. The second kappa shape index (κ2) is 22.1.